The van der Waals surface area contributed by atoms with Gasteiger partial charge in [-0.2, -0.15) is 0 Å². The average Bonchev–Trinajstić information content (AvgIpc) is 2.49. The van der Waals surface area contributed by atoms with Crippen LogP contribution in [-0.4, -0.2) is 26.8 Å². The maximum absolute atomic E-state index is 11.8. The number of hydrogen-bond donors (Lipinski definition) is 1. The summed E-state index contributed by atoms with van der Waals surface area (Å²) >= 11 is 6.01. The Kier molecular flexibility index (Phi) is 6.12. The molecule has 1 aliphatic carbocycles. The van der Waals surface area contributed by atoms with Gasteiger partial charge in [0.2, 0.25) is 10.0 Å². The fraction of sp³-hybridized carbons (Fsp3) is 0.625. The summed E-state index contributed by atoms with van der Waals surface area (Å²) in [7, 11) is -3.17. The molecular weight excluding hydrogens is 322 g/mol. The molecule has 1 saturated carbocycles. The number of ether oxygens (including phenoxy) is 1. The van der Waals surface area contributed by atoms with Crippen molar-refractivity contribution < 1.29 is 13.2 Å². The van der Waals surface area contributed by atoms with Gasteiger partial charge in [-0.25, -0.2) is 13.1 Å². The summed E-state index contributed by atoms with van der Waals surface area (Å²) in [6.45, 7) is 4.12. The van der Waals surface area contributed by atoms with Crippen molar-refractivity contribution in [1.82, 2.24) is 4.72 Å². The third-order valence-electron chi connectivity index (χ3n) is 4.21. The number of halogens is 1. The van der Waals surface area contributed by atoms with Crippen molar-refractivity contribution in [1.29, 1.82) is 0 Å². The summed E-state index contributed by atoms with van der Waals surface area (Å²) < 4.78 is 32.3. The molecule has 6 heteroatoms. The Balaban J connectivity index is 1.97. The zero-order chi connectivity index (χ0) is 16.2. The first-order valence-corrected chi connectivity index (χ1v) is 9.83. The van der Waals surface area contributed by atoms with Gasteiger partial charge in [-0.05, 0) is 50.5 Å². The van der Waals surface area contributed by atoms with E-state index in [0.29, 0.717) is 6.61 Å². The highest BCUT2D eigenvalue weighted by molar-refractivity contribution is 7.89. The molecule has 4 nitrogen and oxygen atoms in total. The van der Waals surface area contributed by atoms with Crippen molar-refractivity contribution in [2.45, 2.75) is 45.6 Å². The first-order valence-electron chi connectivity index (χ1n) is 7.80. The Labute approximate surface area is 138 Å². The molecule has 0 amide bonds. The zero-order valence-corrected chi connectivity index (χ0v) is 14.7. The van der Waals surface area contributed by atoms with E-state index in [-0.39, 0.29) is 17.7 Å². The predicted molar refractivity (Wildman–Crippen MR) is 90.0 cm³/mol. The van der Waals surface area contributed by atoms with Gasteiger partial charge in [-0.15, -0.1) is 0 Å². The SMILES string of the molecule is CCS(=O)(=O)N[C@H]1CCCC[C@@H]1COc1ccc(Cl)c(C)c1. The van der Waals surface area contributed by atoms with Gasteiger partial charge in [0.25, 0.3) is 0 Å². The van der Waals surface area contributed by atoms with Crippen molar-refractivity contribution in [3.8, 4) is 5.75 Å². The standard InChI is InChI=1S/C16H24ClNO3S/c1-3-22(19,20)18-16-7-5-4-6-13(16)11-21-14-8-9-15(17)12(2)10-14/h8-10,13,16,18H,3-7,11H2,1-2H3/t13-,16+/m1/s1. The number of aryl methyl sites for hydroxylation is 1. The van der Waals surface area contributed by atoms with Gasteiger partial charge in [0.15, 0.2) is 0 Å². The Morgan fingerprint density at radius 1 is 1.32 bits per heavy atom. The molecule has 1 aliphatic rings. The van der Waals surface area contributed by atoms with E-state index in [1.54, 1.807) is 6.92 Å². The summed E-state index contributed by atoms with van der Waals surface area (Å²) in [5, 5.41) is 0.721. The lowest BCUT2D eigenvalue weighted by atomic mass is 9.86. The summed E-state index contributed by atoms with van der Waals surface area (Å²) in [6.07, 6.45) is 4.06. The number of hydrogen-bond acceptors (Lipinski definition) is 3. The van der Waals surface area contributed by atoms with Crippen LogP contribution in [0.25, 0.3) is 0 Å². The van der Waals surface area contributed by atoms with Gasteiger partial charge >= 0.3 is 0 Å². The van der Waals surface area contributed by atoms with Crippen molar-refractivity contribution in [2.75, 3.05) is 12.4 Å². The minimum absolute atomic E-state index is 0.0212. The highest BCUT2D eigenvalue weighted by Crippen LogP contribution is 2.27. The van der Waals surface area contributed by atoms with E-state index in [2.05, 4.69) is 4.72 Å². The number of nitrogens with one attached hydrogen (secondary N) is 1. The average molecular weight is 346 g/mol. The van der Waals surface area contributed by atoms with Gasteiger partial charge < -0.3 is 4.74 Å². The second-order valence-electron chi connectivity index (χ2n) is 5.89. The topological polar surface area (TPSA) is 55.4 Å². The van der Waals surface area contributed by atoms with E-state index in [4.69, 9.17) is 16.3 Å². The molecule has 2 atom stereocenters. The van der Waals surface area contributed by atoms with E-state index in [0.717, 1.165) is 42.0 Å². The van der Waals surface area contributed by atoms with Gasteiger partial charge in [0.05, 0.1) is 12.4 Å². The van der Waals surface area contributed by atoms with E-state index in [1.807, 2.05) is 25.1 Å². The van der Waals surface area contributed by atoms with Crippen LogP contribution in [0.5, 0.6) is 5.75 Å². The van der Waals surface area contributed by atoms with Crippen LogP contribution in [0, 0.1) is 12.8 Å². The van der Waals surface area contributed by atoms with Gasteiger partial charge in [-0.3, -0.25) is 0 Å². The largest absolute Gasteiger partial charge is 0.493 e. The molecular formula is C16H24ClNO3S. The summed E-state index contributed by atoms with van der Waals surface area (Å²) in [4.78, 5) is 0. The number of rotatable bonds is 6. The van der Waals surface area contributed by atoms with E-state index < -0.39 is 10.0 Å². The van der Waals surface area contributed by atoms with Crippen LogP contribution in [-0.2, 0) is 10.0 Å². The third kappa shape index (κ3) is 4.86. The van der Waals surface area contributed by atoms with Crippen molar-refractivity contribution in [3.63, 3.8) is 0 Å². The monoisotopic (exact) mass is 345 g/mol. The van der Waals surface area contributed by atoms with Crippen LogP contribution < -0.4 is 9.46 Å². The molecule has 0 aromatic heterocycles. The fourth-order valence-electron chi connectivity index (χ4n) is 2.79. The zero-order valence-electron chi connectivity index (χ0n) is 13.1. The van der Waals surface area contributed by atoms with Crippen LogP contribution in [0.2, 0.25) is 5.02 Å². The first kappa shape index (κ1) is 17.6. The van der Waals surface area contributed by atoms with Gasteiger partial charge in [-0.1, -0.05) is 24.4 Å². The number of benzene rings is 1. The maximum Gasteiger partial charge on any atom is 0.211 e. The quantitative estimate of drug-likeness (QED) is 0.858. The third-order valence-corrected chi connectivity index (χ3v) is 6.06. The Morgan fingerprint density at radius 3 is 2.73 bits per heavy atom. The van der Waals surface area contributed by atoms with Gasteiger partial charge in [0, 0.05) is 17.0 Å². The lowest BCUT2D eigenvalue weighted by Crippen LogP contribution is -2.44. The molecule has 0 spiro atoms. The van der Waals surface area contributed by atoms with Gasteiger partial charge in [0.1, 0.15) is 5.75 Å². The summed E-state index contributed by atoms with van der Waals surface area (Å²) in [5.74, 6) is 1.11. The first-order chi connectivity index (χ1) is 10.4. The minimum Gasteiger partial charge on any atom is -0.493 e. The second kappa shape index (κ2) is 7.66. The van der Waals surface area contributed by atoms with Crippen LogP contribution in [0.15, 0.2) is 18.2 Å². The minimum atomic E-state index is -3.17. The number of sulfonamides is 1. The molecule has 1 aromatic rings. The Bertz CT molecular complexity index is 603. The summed E-state index contributed by atoms with van der Waals surface area (Å²) in [6, 6.07) is 5.57. The molecule has 0 radical (unpaired) electrons. The Hall–Kier alpha value is -0.780. The van der Waals surface area contributed by atoms with Crippen LogP contribution in [0.3, 0.4) is 0 Å². The maximum atomic E-state index is 11.8. The lowest BCUT2D eigenvalue weighted by Gasteiger charge is -2.31. The lowest BCUT2D eigenvalue weighted by molar-refractivity contribution is 0.180. The smallest absolute Gasteiger partial charge is 0.211 e. The highest BCUT2D eigenvalue weighted by Gasteiger charge is 2.28. The van der Waals surface area contributed by atoms with Crippen molar-refractivity contribution in [3.05, 3.63) is 28.8 Å². The molecule has 2 rings (SSSR count). The van der Waals surface area contributed by atoms with Crippen LogP contribution in [0.1, 0.15) is 38.2 Å². The molecule has 124 valence electrons. The molecule has 0 saturated heterocycles. The molecule has 1 N–H and O–H groups in total. The molecule has 1 aromatic carbocycles. The van der Waals surface area contributed by atoms with E-state index >= 15 is 0 Å². The predicted octanol–water partition coefficient (Wildman–Crippen LogP) is 3.53. The fourth-order valence-corrected chi connectivity index (χ4v) is 3.84. The molecule has 0 bridgehead atoms. The van der Waals surface area contributed by atoms with Crippen molar-refractivity contribution in [2.24, 2.45) is 5.92 Å². The molecule has 1 fully saturated rings. The van der Waals surface area contributed by atoms with E-state index in [1.165, 1.54) is 0 Å². The van der Waals surface area contributed by atoms with E-state index in [9.17, 15) is 8.42 Å². The van der Waals surface area contributed by atoms with Crippen LogP contribution >= 0.6 is 11.6 Å². The highest BCUT2D eigenvalue weighted by atomic mass is 35.5. The second-order valence-corrected chi connectivity index (χ2v) is 8.34. The Morgan fingerprint density at radius 2 is 2.05 bits per heavy atom. The molecule has 22 heavy (non-hydrogen) atoms. The molecule has 0 aliphatic heterocycles. The normalized spacial score (nSPS) is 22.5. The molecule has 0 heterocycles. The van der Waals surface area contributed by atoms with Crippen LogP contribution in [0.4, 0.5) is 0 Å². The molecule has 0 unspecified atom stereocenters. The van der Waals surface area contributed by atoms with Crippen molar-refractivity contribution >= 4 is 21.6 Å². The summed E-state index contributed by atoms with van der Waals surface area (Å²) in [5.41, 5.74) is 0.978.